The van der Waals surface area contributed by atoms with E-state index in [4.69, 9.17) is 0 Å². The number of aliphatic hydroxyl groups is 1. The third kappa shape index (κ3) is 6.38. The molecule has 0 aliphatic carbocycles. The van der Waals surface area contributed by atoms with Gasteiger partial charge in [0.05, 0.1) is 12.1 Å². The lowest BCUT2D eigenvalue weighted by atomic mass is 10.00. The summed E-state index contributed by atoms with van der Waals surface area (Å²) in [5, 5.41) is 23.0. The van der Waals surface area contributed by atoms with Crippen molar-refractivity contribution in [3.63, 3.8) is 0 Å². The second-order valence-corrected chi connectivity index (χ2v) is 7.01. The summed E-state index contributed by atoms with van der Waals surface area (Å²) in [5.74, 6) is 0.260. The second kappa shape index (κ2) is 9.74. The Morgan fingerprint density at radius 1 is 1.25 bits per heavy atom. The topological polar surface area (TPSA) is 81.6 Å². The van der Waals surface area contributed by atoms with Crippen LogP contribution >= 0.6 is 11.3 Å². The van der Waals surface area contributed by atoms with Gasteiger partial charge in [-0.05, 0) is 48.4 Å². The molecule has 0 spiro atoms. The fourth-order valence-electron chi connectivity index (χ4n) is 2.37. The van der Waals surface area contributed by atoms with E-state index in [1.807, 2.05) is 23.8 Å². The number of rotatable bonds is 8. The molecule has 0 aliphatic heterocycles. The molecular weight excluding hydrogens is 391 g/mol. The van der Waals surface area contributed by atoms with Crippen LogP contribution in [-0.2, 0) is 11.8 Å². The number of halogens is 3. The van der Waals surface area contributed by atoms with E-state index in [2.05, 4.69) is 25.9 Å². The van der Waals surface area contributed by atoms with Crippen molar-refractivity contribution in [3.05, 3.63) is 46.3 Å². The maximum Gasteiger partial charge on any atom is 0.419 e. The van der Waals surface area contributed by atoms with Crippen LogP contribution in [0.4, 0.5) is 19.0 Å². The summed E-state index contributed by atoms with van der Waals surface area (Å²) < 4.78 is 38.9. The van der Waals surface area contributed by atoms with Crippen LogP contribution < -0.4 is 16.0 Å². The van der Waals surface area contributed by atoms with E-state index >= 15 is 0 Å². The Bertz CT molecular complexity index is 763. The Balaban J connectivity index is 1.90. The molecule has 0 radical (unpaired) electrons. The van der Waals surface area contributed by atoms with Crippen molar-refractivity contribution in [2.75, 3.05) is 31.5 Å². The monoisotopic (exact) mass is 415 g/mol. The molecule has 0 aliphatic rings. The minimum Gasteiger partial charge on any atom is -0.383 e. The number of guanidine groups is 1. The zero-order valence-corrected chi connectivity index (χ0v) is 16.5. The van der Waals surface area contributed by atoms with Crippen LogP contribution in [0.25, 0.3) is 0 Å². The van der Waals surface area contributed by atoms with Gasteiger partial charge in [-0.2, -0.15) is 24.5 Å². The van der Waals surface area contributed by atoms with E-state index in [-0.39, 0.29) is 18.9 Å². The molecule has 2 aromatic rings. The minimum absolute atomic E-state index is 0.144. The standard InChI is InChI=1S/C18H24F3N5OS/c1-3-22-16(26-12-17(2,27)13-6-10-28-11-13)25-9-8-24-15-14(18(19,20)21)5-4-7-23-15/h4-7,10-11,27H,3,8-9,12H2,1-2H3,(H,23,24)(H2,22,25,26). The molecule has 4 N–H and O–H groups in total. The average molecular weight is 415 g/mol. The summed E-state index contributed by atoms with van der Waals surface area (Å²) in [5.41, 5.74) is -1.12. The Labute approximate surface area is 165 Å². The van der Waals surface area contributed by atoms with E-state index in [0.29, 0.717) is 19.0 Å². The molecular formula is C18H24F3N5OS. The Hall–Kier alpha value is -2.33. The maximum absolute atomic E-state index is 13.0. The van der Waals surface area contributed by atoms with Gasteiger partial charge in [0.25, 0.3) is 0 Å². The third-order valence-corrected chi connectivity index (χ3v) is 4.54. The van der Waals surface area contributed by atoms with Gasteiger partial charge in [-0.3, -0.25) is 0 Å². The first-order chi connectivity index (χ1) is 13.2. The van der Waals surface area contributed by atoms with Crippen LogP contribution in [0.1, 0.15) is 25.0 Å². The number of hydrogen-bond donors (Lipinski definition) is 4. The molecule has 2 aromatic heterocycles. The molecule has 0 fully saturated rings. The molecule has 0 saturated heterocycles. The highest BCUT2D eigenvalue weighted by Gasteiger charge is 2.33. The molecule has 2 heterocycles. The van der Waals surface area contributed by atoms with Gasteiger partial charge in [-0.25, -0.2) is 9.98 Å². The van der Waals surface area contributed by atoms with Crippen LogP contribution in [0, 0.1) is 0 Å². The van der Waals surface area contributed by atoms with Crippen LogP contribution in [0.3, 0.4) is 0 Å². The van der Waals surface area contributed by atoms with Crippen molar-refractivity contribution in [1.29, 1.82) is 0 Å². The lowest BCUT2D eigenvalue weighted by molar-refractivity contribution is -0.137. The van der Waals surface area contributed by atoms with Gasteiger partial charge in [0, 0.05) is 25.8 Å². The average Bonchev–Trinajstić information content (AvgIpc) is 3.18. The first-order valence-electron chi connectivity index (χ1n) is 8.77. The van der Waals surface area contributed by atoms with Crippen molar-refractivity contribution in [3.8, 4) is 0 Å². The SMILES string of the molecule is CCNC(=NCC(C)(O)c1ccsc1)NCCNc1ncccc1C(F)(F)F. The van der Waals surface area contributed by atoms with Gasteiger partial charge in [-0.1, -0.05) is 0 Å². The molecule has 28 heavy (non-hydrogen) atoms. The van der Waals surface area contributed by atoms with Crippen molar-refractivity contribution in [2.45, 2.75) is 25.6 Å². The number of hydrogen-bond acceptors (Lipinski definition) is 5. The van der Waals surface area contributed by atoms with E-state index < -0.39 is 17.3 Å². The van der Waals surface area contributed by atoms with E-state index in [1.54, 1.807) is 6.92 Å². The zero-order valence-electron chi connectivity index (χ0n) is 15.7. The lowest BCUT2D eigenvalue weighted by Crippen LogP contribution is -2.40. The Morgan fingerprint density at radius 3 is 2.68 bits per heavy atom. The molecule has 0 aromatic carbocycles. The molecule has 10 heteroatoms. The summed E-state index contributed by atoms with van der Waals surface area (Å²) in [6.45, 7) is 4.87. The molecule has 0 bridgehead atoms. The van der Waals surface area contributed by atoms with Crippen LogP contribution in [-0.4, -0.2) is 42.2 Å². The van der Waals surface area contributed by atoms with Gasteiger partial charge in [0.1, 0.15) is 11.4 Å². The van der Waals surface area contributed by atoms with Crippen molar-refractivity contribution >= 4 is 23.1 Å². The Morgan fingerprint density at radius 2 is 2.04 bits per heavy atom. The first kappa shape index (κ1) is 22.0. The van der Waals surface area contributed by atoms with Gasteiger partial charge in [-0.15, -0.1) is 0 Å². The van der Waals surface area contributed by atoms with Gasteiger partial charge >= 0.3 is 6.18 Å². The largest absolute Gasteiger partial charge is 0.419 e. The predicted molar refractivity (Wildman–Crippen MR) is 106 cm³/mol. The van der Waals surface area contributed by atoms with Crippen molar-refractivity contribution in [2.24, 2.45) is 4.99 Å². The number of thiophene rings is 1. The molecule has 6 nitrogen and oxygen atoms in total. The number of anilines is 1. The fraction of sp³-hybridized carbons (Fsp3) is 0.444. The molecule has 154 valence electrons. The highest BCUT2D eigenvalue weighted by molar-refractivity contribution is 7.08. The smallest absolute Gasteiger partial charge is 0.383 e. The maximum atomic E-state index is 13.0. The molecule has 0 amide bonds. The van der Waals surface area contributed by atoms with Gasteiger partial charge < -0.3 is 21.1 Å². The number of alkyl halides is 3. The molecule has 1 unspecified atom stereocenters. The van der Waals surface area contributed by atoms with Crippen LogP contribution in [0.2, 0.25) is 0 Å². The lowest BCUT2D eigenvalue weighted by Gasteiger charge is -2.21. The van der Waals surface area contributed by atoms with Crippen LogP contribution in [0.5, 0.6) is 0 Å². The molecule has 0 saturated carbocycles. The minimum atomic E-state index is -4.46. The van der Waals surface area contributed by atoms with Gasteiger partial charge in [0.15, 0.2) is 5.96 Å². The quantitative estimate of drug-likeness (QED) is 0.303. The predicted octanol–water partition coefficient (Wildman–Crippen LogP) is 3.04. The summed E-state index contributed by atoms with van der Waals surface area (Å²) in [7, 11) is 0. The van der Waals surface area contributed by atoms with Crippen molar-refractivity contribution in [1.82, 2.24) is 15.6 Å². The molecule has 1 atom stereocenters. The van der Waals surface area contributed by atoms with Gasteiger partial charge in [0.2, 0.25) is 0 Å². The number of aromatic nitrogens is 1. The third-order valence-electron chi connectivity index (χ3n) is 3.86. The zero-order chi connectivity index (χ0) is 20.6. The number of pyridine rings is 1. The molecule has 2 rings (SSSR count). The Kier molecular flexibility index (Phi) is 7.64. The highest BCUT2D eigenvalue weighted by Crippen LogP contribution is 2.33. The number of nitrogens with zero attached hydrogens (tertiary/aromatic N) is 2. The normalized spacial score (nSPS) is 14.4. The number of aliphatic imine (C=N–C) groups is 1. The summed E-state index contributed by atoms with van der Waals surface area (Å²) in [4.78, 5) is 8.13. The number of nitrogens with one attached hydrogen (secondary N) is 3. The van der Waals surface area contributed by atoms with E-state index in [1.165, 1.54) is 23.6 Å². The van der Waals surface area contributed by atoms with E-state index in [9.17, 15) is 18.3 Å². The van der Waals surface area contributed by atoms with E-state index in [0.717, 1.165) is 11.6 Å². The highest BCUT2D eigenvalue weighted by atomic mass is 32.1. The second-order valence-electron chi connectivity index (χ2n) is 6.23. The van der Waals surface area contributed by atoms with Crippen molar-refractivity contribution < 1.29 is 18.3 Å². The fourth-order valence-corrected chi connectivity index (χ4v) is 3.16. The first-order valence-corrected chi connectivity index (χ1v) is 9.71. The van der Waals surface area contributed by atoms with Crippen LogP contribution in [0.15, 0.2) is 40.1 Å². The summed E-state index contributed by atoms with van der Waals surface area (Å²) in [6.07, 6.45) is -3.16. The summed E-state index contributed by atoms with van der Waals surface area (Å²) in [6, 6.07) is 4.08. The summed E-state index contributed by atoms with van der Waals surface area (Å²) >= 11 is 1.49.